The number of ether oxygens (including phenoxy) is 7. The second kappa shape index (κ2) is 10.1. The molecule has 0 N–H and O–H groups in total. The minimum absolute atomic E-state index is 0.368. The van der Waals surface area contributed by atoms with Crippen molar-refractivity contribution in [3.05, 3.63) is 78.4 Å². The van der Waals surface area contributed by atoms with Crippen molar-refractivity contribution < 1.29 is 33.2 Å². The Bertz CT molecular complexity index is 872. The van der Waals surface area contributed by atoms with Gasteiger partial charge in [-0.15, -0.1) is 6.58 Å². The Hall–Kier alpha value is -2.26. The molecule has 7 nitrogen and oxygen atoms in total. The Labute approximate surface area is 188 Å². The first-order valence-corrected chi connectivity index (χ1v) is 10.6. The van der Waals surface area contributed by atoms with Crippen LogP contribution in [0.3, 0.4) is 0 Å². The second-order valence-corrected chi connectivity index (χ2v) is 7.86. The van der Waals surface area contributed by atoms with Crippen LogP contribution in [0.1, 0.15) is 18.1 Å². The summed E-state index contributed by atoms with van der Waals surface area (Å²) >= 11 is 0. The first-order valence-electron chi connectivity index (χ1n) is 10.6. The third-order valence-corrected chi connectivity index (χ3v) is 5.70. The molecule has 0 amide bonds. The van der Waals surface area contributed by atoms with E-state index < -0.39 is 36.7 Å². The third kappa shape index (κ3) is 5.04. The molecular formula is C25H30O7. The standard InChI is InChI=1S/C25H30O7/c1-5-20-21(28-16-18-11-13-19(26-3)14-12-18)22(29-15-17-9-7-6-8-10-17)23-24(30-20)32-25(2,27-4)31-23/h5-14,20-24H,1,15-16H2,2-4H3/t20-,21+,22-,23+,24+,25?/m0/s1. The second-order valence-electron chi connectivity index (χ2n) is 7.86. The van der Waals surface area contributed by atoms with Crippen molar-refractivity contribution in [2.45, 2.75) is 56.8 Å². The number of rotatable bonds is 9. The van der Waals surface area contributed by atoms with Gasteiger partial charge in [0.2, 0.25) is 0 Å². The maximum atomic E-state index is 6.36. The summed E-state index contributed by atoms with van der Waals surface area (Å²) in [5.74, 6) is -0.429. The zero-order valence-electron chi connectivity index (χ0n) is 18.6. The number of hydrogen-bond acceptors (Lipinski definition) is 7. The van der Waals surface area contributed by atoms with Crippen LogP contribution >= 0.6 is 0 Å². The van der Waals surface area contributed by atoms with E-state index in [9.17, 15) is 0 Å². The molecule has 2 aliphatic heterocycles. The van der Waals surface area contributed by atoms with Gasteiger partial charge in [0.15, 0.2) is 6.29 Å². The van der Waals surface area contributed by atoms with E-state index in [-0.39, 0.29) is 0 Å². The zero-order chi connectivity index (χ0) is 22.6. The molecule has 2 aromatic rings. The van der Waals surface area contributed by atoms with Crippen LogP contribution in [-0.4, -0.2) is 50.9 Å². The maximum Gasteiger partial charge on any atom is 0.282 e. The van der Waals surface area contributed by atoms with Crippen LogP contribution in [0.15, 0.2) is 67.3 Å². The quantitative estimate of drug-likeness (QED) is 0.547. The minimum atomic E-state index is -1.22. The van der Waals surface area contributed by atoms with Crippen LogP contribution in [0.4, 0.5) is 0 Å². The van der Waals surface area contributed by atoms with E-state index in [0.29, 0.717) is 13.2 Å². The maximum absolute atomic E-state index is 6.36. The van der Waals surface area contributed by atoms with Crippen molar-refractivity contribution in [1.29, 1.82) is 0 Å². The van der Waals surface area contributed by atoms with Gasteiger partial charge in [-0.3, -0.25) is 4.74 Å². The van der Waals surface area contributed by atoms with Gasteiger partial charge in [-0.25, -0.2) is 0 Å². The predicted octanol–water partition coefficient (Wildman–Crippen LogP) is 3.81. The summed E-state index contributed by atoms with van der Waals surface area (Å²) in [4.78, 5) is 0. The summed E-state index contributed by atoms with van der Waals surface area (Å²) in [6.45, 7) is 6.40. The highest BCUT2D eigenvalue weighted by atomic mass is 16.9. The Morgan fingerprint density at radius 2 is 1.56 bits per heavy atom. The summed E-state index contributed by atoms with van der Waals surface area (Å²) in [6, 6.07) is 17.7. The Balaban J connectivity index is 1.54. The van der Waals surface area contributed by atoms with Crippen LogP contribution in [0.2, 0.25) is 0 Å². The molecular weight excluding hydrogens is 412 g/mol. The Kier molecular flexibility index (Phi) is 7.25. The molecule has 2 heterocycles. The van der Waals surface area contributed by atoms with E-state index in [1.54, 1.807) is 20.1 Å². The lowest BCUT2D eigenvalue weighted by molar-refractivity contribution is -0.332. The molecule has 1 unspecified atom stereocenters. The van der Waals surface area contributed by atoms with Gasteiger partial charge in [0.1, 0.15) is 30.2 Å². The molecule has 0 saturated carbocycles. The topological polar surface area (TPSA) is 64.6 Å². The number of hydrogen-bond donors (Lipinski definition) is 0. The van der Waals surface area contributed by atoms with E-state index in [1.165, 1.54) is 7.11 Å². The zero-order valence-corrected chi connectivity index (χ0v) is 18.6. The lowest BCUT2D eigenvalue weighted by Gasteiger charge is -2.41. The average molecular weight is 443 g/mol. The smallest absolute Gasteiger partial charge is 0.282 e. The van der Waals surface area contributed by atoms with Gasteiger partial charge >= 0.3 is 0 Å². The molecule has 2 aromatic carbocycles. The fourth-order valence-corrected chi connectivity index (χ4v) is 3.89. The van der Waals surface area contributed by atoms with Gasteiger partial charge in [-0.1, -0.05) is 48.5 Å². The van der Waals surface area contributed by atoms with Gasteiger partial charge in [0.25, 0.3) is 5.97 Å². The normalized spacial score (nSPS) is 31.8. The summed E-state index contributed by atoms with van der Waals surface area (Å²) in [7, 11) is 3.17. The molecule has 0 bridgehead atoms. The summed E-state index contributed by atoms with van der Waals surface area (Å²) in [6.07, 6.45) is -0.850. The first-order chi connectivity index (χ1) is 15.5. The van der Waals surface area contributed by atoms with Gasteiger partial charge in [0, 0.05) is 14.0 Å². The number of methoxy groups -OCH3 is 2. The largest absolute Gasteiger partial charge is 0.497 e. The molecule has 172 valence electrons. The highest BCUT2D eigenvalue weighted by Crippen LogP contribution is 2.39. The molecule has 4 rings (SSSR count). The van der Waals surface area contributed by atoms with Crippen molar-refractivity contribution in [3.8, 4) is 5.75 Å². The molecule has 7 heteroatoms. The predicted molar refractivity (Wildman–Crippen MR) is 117 cm³/mol. The highest BCUT2D eigenvalue weighted by molar-refractivity contribution is 5.26. The number of benzene rings is 2. The molecule has 2 fully saturated rings. The van der Waals surface area contributed by atoms with Crippen molar-refractivity contribution >= 4 is 0 Å². The van der Waals surface area contributed by atoms with Crippen LogP contribution in [-0.2, 0) is 41.6 Å². The van der Waals surface area contributed by atoms with Gasteiger partial charge in [-0.2, -0.15) is 0 Å². The number of fused-ring (bicyclic) bond motifs is 1. The molecule has 6 atom stereocenters. The minimum Gasteiger partial charge on any atom is -0.497 e. The van der Waals surface area contributed by atoms with E-state index in [2.05, 4.69) is 6.58 Å². The van der Waals surface area contributed by atoms with Crippen LogP contribution in [0.5, 0.6) is 5.75 Å². The van der Waals surface area contributed by atoms with Crippen LogP contribution in [0, 0.1) is 0 Å². The van der Waals surface area contributed by atoms with Crippen molar-refractivity contribution in [3.63, 3.8) is 0 Å². The third-order valence-electron chi connectivity index (χ3n) is 5.70. The molecule has 0 aliphatic carbocycles. The van der Waals surface area contributed by atoms with Crippen molar-refractivity contribution in [2.24, 2.45) is 0 Å². The first kappa shape index (κ1) is 22.9. The SMILES string of the molecule is C=C[C@@H]1O[C@@H]2OC(C)(OC)O[C@@H]2[C@@H](OCc2ccccc2)[C@@H]1OCc1ccc(OC)cc1. The molecule has 0 radical (unpaired) electrons. The molecule has 32 heavy (non-hydrogen) atoms. The highest BCUT2D eigenvalue weighted by Gasteiger charge is 2.57. The van der Waals surface area contributed by atoms with Crippen LogP contribution in [0.25, 0.3) is 0 Å². The lowest BCUT2D eigenvalue weighted by Crippen LogP contribution is -2.57. The van der Waals surface area contributed by atoms with E-state index >= 15 is 0 Å². The van der Waals surface area contributed by atoms with Gasteiger partial charge in [-0.05, 0) is 23.3 Å². The monoisotopic (exact) mass is 442 g/mol. The summed E-state index contributed by atoms with van der Waals surface area (Å²) in [5, 5.41) is 0. The van der Waals surface area contributed by atoms with E-state index in [4.69, 9.17) is 33.2 Å². The Morgan fingerprint density at radius 1 is 0.906 bits per heavy atom. The Morgan fingerprint density at radius 3 is 2.19 bits per heavy atom. The molecule has 0 spiro atoms. The van der Waals surface area contributed by atoms with E-state index in [1.807, 2.05) is 54.6 Å². The van der Waals surface area contributed by atoms with Crippen molar-refractivity contribution in [1.82, 2.24) is 0 Å². The van der Waals surface area contributed by atoms with E-state index in [0.717, 1.165) is 16.9 Å². The molecule has 2 saturated heterocycles. The average Bonchev–Trinajstić information content (AvgIpc) is 3.18. The fraction of sp³-hybridized carbons (Fsp3) is 0.440. The van der Waals surface area contributed by atoms with Crippen LogP contribution < -0.4 is 4.74 Å². The molecule has 2 aliphatic rings. The fourth-order valence-electron chi connectivity index (χ4n) is 3.89. The summed E-state index contributed by atoms with van der Waals surface area (Å²) in [5.41, 5.74) is 2.05. The van der Waals surface area contributed by atoms with Crippen molar-refractivity contribution in [2.75, 3.05) is 14.2 Å². The van der Waals surface area contributed by atoms with Gasteiger partial charge < -0.3 is 28.4 Å². The summed E-state index contributed by atoms with van der Waals surface area (Å²) < 4.78 is 41.4. The lowest BCUT2D eigenvalue weighted by atomic mass is 9.98. The van der Waals surface area contributed by atoms with Gasteiger partial charge in [0.05, 0.1) is 20.3 Å². The molecule has 0 aromatic heterocycles.